The summed E-state index contributed by atoms with van der Waals surface area (Å²) in [6.07, 6.45) is -2.59. The van der Waals surface area contributed by atoms with Crippen molar-refractivity contribution < 1.29 is 17.9 Å². The lowest BCUT2D eigenvalue weighted by molar-refractivity contribution is -0.148. The van der Waals surface area contributed by atoms with Gasteiger partial charge in [-0.05, 0) is 50.6 Å². The van der Waals surface area contributed by atoms with E-state index in [-0.39, 0.29) is 6.04 Å². The van der Waals surface area contributed by atoms with Gasteiger partial charge in [-0.2, -0.15) is 13.2 Å². The zero-order chi connectivity index (χ0) is 16.0. The Balaban J connectivity index is 1.59. The van der Waals surface area contributed by atoms with Gasteiger partial charge in [0.05, 0.1) is 6.54 Å². The first-order valence-corrected chi connectivity index (χ1v) is 7.64. The highest BCUT2D eigenvalue weighted by Crippen LogP contribution is 2.19. The van der Waals surface area contributed by atoms with E-state index in [1.54, 1.807) is 0 Å². The van der Waals surface area contributed by atoms with Crippen molar-refractivity contribution in [1.29, 1.82) is 0 Å². The van der Waals surface area contributed by atoms with Gasteiger partial charge >= 0.3 is 6.18 Å². The molecule has 0 unspecified atom stereocenters. The van der Waals surface area contributed by atoms with E-state index in [0.29, 0.717) is 26.2 Å². The molecule has 22 heavy (non-hydrogen) atoms. The number of rotatable bonds is 6. The summed E-state index contributed by atoms with van der Waals surface area (Å²) in [6, 6.07) is 8.15. The standard InChI is InChI=1S/C16H23F3N2O/c1-13-3-2-4-15(11-13)22-10-7-20-14-5-8-21(9-6-14)12-16(17,18)19/h2-4,11,14,20H,5-10,12H2,1H3. The smallest absolute Gasteiger partial charge is 0.401 e. The summed E-state index contributed by atoms with van der Waals surface area (Å²) in [5, 5.41) is 3.36. The van der Waals surface area contributed by atoms with Crippen LogP contribution in [0, 0.1) is 6.92 Å². The number of ether oxygens (including phenoxy) is 1. The number of hydrogen-bond donors (Lipinski definition) is 1. The van der Waals surface area contributed by atoms with Crippen LogP contribution in [0.5, 0.6) is 5.75 Å². The molecule has 1 aliphatic rings. The minimum atomic E-state index is -4.10. The molecule has 0 radical (unpaired) electrons. The number of likely N-dealkylation sites (tertiary alicyclic amines) is 1. The van der Waals surface area contributed by atoms with Crippen LogP contribution in [-0.4, -0.2) is 49.9 Å². The highest BCUT2D eigenvalue weighted by molar-refractivity contribution is 5.27. The quantitative estimate of drug-likeness (QED) is 0.817. The van der Waals surface area contributed by atoms with E-state index in [0.717, 1.165) is 24.2 Å². The molecule has 0 aromatic heterocycles. The maximum Gasteiger partial charge on any atom is 0.401 e. The maximum atomic E-state index is 12.3. The molecule has 6 heteroatoms. The molecule has 0 atom stereocenters. The molecule has 1 aliphatic heterocycles. The fourth-order valence-corrected chi connectivity index (χ4v) is 2.69. The van der Waals surface area contributed by atoms with E-state index in [9.17, 15) is 13.2 Å². The molecule has 1 fully saturated rings. The van der Waals surface area contributed by atoms with Crippen molar-refractivity contribution >= 4 is 0 Å². The Bertz CT molecular complexity index is 457. The summed E-state index contributed by atoms with van der Waals surface area (Å²) >= 11 is 0. The van der Waals surface area contributed by atoms with E-state index >= 15 is 0 Å². The van der Waals surface area contributed by atoms with Crippen molar-refractivity contribution in [3.05, 3.63) is 29.8 Å². The number of nitrogens with one attached hydrogen (secondary N) is 1. The minimum Gasteiger partial charge on any atom is -0.492 e. The SMILES string of the molecule is Cc1cccc(OCCNC2CCN(CC(F)(F)F)CC2)c1. The second-order valence-corrected chi connectivity index (χ2v) is 5.78. The number of piperidine rings is 1. The number of nitrogens with zero attached hydrogens (tertiary/aromatic N) is 1. The van der Waals surface area contributed by atoms with Crippen molar-refractivity contribution in [3.8, 4) is 5.75 Å². The van der Waals surface area contributed by atoms with Crippen molar-refractivity contribution in [3.63, 3.8) is 0 Å². The summed E-state index contributed by atoms with van der Waals surface area (Å²) in [7, 11) is 0. The lowest BCUT2D eigenvalue weighted by atomic mass is 10.1. The molecule has 1 saturated heterocycles. The molecule has 124 valence electrons. The number of benzene rings is 1. The van der Waals surface area contributed by atoms with Gasteiger partial charge in [-0.3, -0.25) is 4.90 Å². The molecular weight excluding hydrogens is 293 g/mol. The number of alkyl halides is 3. The summed E-state index contributed by atoms with van der Waals surface area (Å²) in [5.74, 6) is 0.849. The van der Waals surface area contributed by atoms with E-state index in [1.807, 2.05) is 31.2 Å². The van der Waals surface area contributed by atoms with Crippen LogP contribution in [0.4, 0.5) is 13.2 Å². The lowest BCUT2D eigenvalue weighted by Gasteiger charge is -2.32. The van der Waals surface area contributed by atoms with Gasteiger partial charge in [-0.1, -0.05) is 12.1 Å². The van der Waals surface area contributed by atoms with Gasteiger partial charge in [0.15, 0.2) is 0 Å². The van der Waals surface area contributed by atoms with Gasteiger partial charge in [0.2, 0.25) is 0 Å². The van der Waals surface area contributed by atoms with Gasteiger partial charge in [0.1, 0.15) is 12.4 Å². The van der Waals surface area contributed by atoms with Crippen molar-refractivity contribution in [2.75, 3.05) is 32.8 Å². The summed E-state index contributed by atoms with van der Waals surface area (Å²) in [6.45, 7) is 3.48. The highest BCUT2D eigenvalue weighted by Gasteiger charge is 2.32. The van der Waals surface area contributed by atoms with Gasteiger partial charge < -0.3 is 10.1 Å². The maximum absolute atomic E-state index is 12.3. The Hall–Kier alpha value is -1.27. The van der Waals surface area contributed by atoms with E-state index in [2.05, 4.69) is 5.32 Å². The largest absolute Gasteiger partial charge is 0.492 e. The van der Waals surface area contributed by atoms with Crippen LogP contribution in [0.2, 0.25) is 0 Å². The molecule has 1 aromatic carbocycles. The molecule has 0 spiro atoms. The molecule has 1 aromatic rings. The molecule has 2 rings (SSSR count). The second kappa shape index (κ2) is 7.83. The van der Waals surface area contributed by atoms with E-state index in [4.69, 9.17) is 4.74 Å². The molecule has 0 aliphatic carbocycles. The first-order valence-electron chi connectivity index (χ1n) is 7.64. The summed E-state index contributed by atoms with van der Waals surface area (Å²) in [4.78, 5) is 1.47. The van der Waals surface area contributed by atoms with Crippen LogP contribution in [0.15, 0.2) is 24.3 Å². The average Bonchev–Trinajstić information content (AvgIpc) is 2.44. The highest BCUT2D eigenvalue weighted by atomic mass is 19.4. The first-order chi connectivity index (χ1) is 10.4. The molecule has 0 saturated carbocycles. The van der Waals surface area contributed by atoms with Crippen LogP contribution >= 0.6 is 0 Å². The number of halogens is 3. The average molecular weight is 316 g/mol. The predicted octanol–water partition coefficient (Wildman–Crippen LogP) is 2.99. The number of aryl methyl sites for hydroxylation is 1. The molecule has 0 bridgehead atoms. The normalized spacial score (nSPS) is 17.6. The third kappa shape index (κ3) is 6.23. The molecule has 0 amide bonds. The Morgan fingerprint density at radius 2 is 2.00 bits per heavy atom. The minimum absolute atomic E-state index is 0.283. The summed E-state index contributed by atoms with van der Waals surface area (Å²) < 4.78 is 42.5. The van der Waals surface area contributed by atoms with Crippen LogP contribution < -0.4 is 10.1 Å². The Labute approximate surface area is 129 Å². The fraction of sp³-hybridized carbons (Fsp3) is 0.625. The van der Waals surface area contributed by atoms with Gasteiger partial charge in [-0.25, -0.2) is 0 Å². The van der Waals surface area contributed by atoms with Gasteiger partial charge in [-0.15, -0.1) is 0 Å². The Kier molecular flexibility index (Phi) is 6.08. The Morgan fingerprint density at radius 1 is 1.27 bits per heavy atom. The zero-order valence-electron chi connectivity index (χ0n) is 12.8. The Morgan fingerprint density at radius 3 is 2.64 bits per heavy atom. The lowest BCUT2D eigenvalue weighted by Crippen LogP contribution is -2.46. The van der Waals surface area contributed by atoms with Crippen LogP contribution in [-0.2, 0) is 0 Å². The first kappa shape index (κ1) is 17.1. The molecule has 1 heterocycles. The van der Waals surface area contributed by atoms with Crippen LogP contribution in [0.1, 0.15) is 18.4 Å². The van der Waals surface area contributed by atoms with Crippen LogP contribution in [0.3, 0.4) is 0 Å². The van der Waals surface area contributed by atoms with Crippen LogP contribution in [0.25, 0.3) is 0 Å². The van der Waals surface area contributed by atoms with Crippen molar-refractivity contribution in [2.24, 2.45) is 0 Å². The van der Waals surface area contributed by atoms with Crippen molar-refractivity contribution in [1.82, 2.24) is 10.2 Å². The van der Waals surface area contributed by atoms with E-state index in [1.165, 1.54) is 4.90 Å². The predicted molar refractivity (Wildman–Crippen MR) is 80.2 cm³/mol. The van der Waals surface area contributed by atoms with E-state index < -0.39 is 12.7 Å². The molecule has 3 nitrogen and oxygen atoms in total. The van der Waals surface area contributed by atoms with Gasteiger partial charge in [0, 0.05) is 12.6 Å². The summed E-state index contributed by atoms with van der Waals surface area (Å²) in [5.41, 5.74) is 1.16. The zero-order valence-corrected chi connectivity index (χ0v) is 12.8. The molecule has 1 N–H and O–H groups in total. The molecular formula is C16H23F3N2O. The second-order valence-electron chi connectivity index (χ2n) is 5.78. The van der Waals surface area contributed by atoms with Gasteiger partial charge in [0.25, 0.3) is 0 Å². The third-order valence-electron chi connectivity index (χ3n) is 3.78. The van der Waals surface area contributed by atoms with Crippen molar-refractivity contribution in [2.45, 2.75) is 32.0 Å². The third-order valence-corrected chi connectivity index (χ3v) is 3.78. The number of hydrogen-bond acceptors (Lipinski definition) is 3. The fourth-order valence-electron chi connectivity index (χ4n) is 2.69. The topological polar surface area (TPSA) is 24.5 Å². The monoisotopic (exact) mass is 316 g/mol.